The van der Waals surface area contributed by atoms with Crippen molar-refractivity contribution in [2.45, 2.75) is 82.6 Å². The first-order valence-corrected chi connectivity index (χ1v) is 18.3. The zero-order valence-corrected chi connectivity index (χ0v) is 27.5. The zero-order valence-electron chi connectivity index (χ0n) is 22.5. The van der Waals surface area contributed by atoms with Crippen LogP contribution in [0.4, 0.5) is 0 Å². The summed E-state index contributed by atoms with van der Waals surface area (Å²) in [4.78, 5) is 0. The third kappa shape index (κ3) is 5.77. The van der Waals surface area contributed by atoms with Crippen LogP contribution >= 0.6 is 0 Å². The van der Waals surface area contributed by atoms with Crippen LogP contribution in [0.15, 0.2) is 57.0 Å². The Labute approximate surface area is 233 Å². The van der Waals surface area contributed by atoms with Crippen molar-refractivity contribution in [3.63, 3.8) is 0 Å². The fraction of sp³-hybridized carbons (Fsp3) is 0.467. The van der Waals surface area contributed by atoms with Crippen LogP contribution < -0.4 is 24.8 Å². The minimum atomic E-state index is -1.25. The van der Waals surface area contributed by atoms with Crippen LogP contribution in [0, 0.1) is 5.92 Å². The van der Waals surface area contributed by atoms with Gasteiger partial charge in [0.2, 0.25) is 0 Å². The molecule has 34 heavy (non-hydrogen) atoms. The first-order valence-electron chi connectivity index (χ1n) is 12.2. The molecule has 0 aromatic heterocycles. The Morgan fingerprint density at radius 1 is 0.735 bits per heavy atom. The van der Waals surface area contributed by atoms with Crippen LogP contribution in [-0.2, 0) is 34.1 Å². The number of halogens is 2. The molecular weight excluding hydrogens is 551 g/mol. The van der Waals surface area contributed by atoms with E-state index in [1.165, 1.54) is 22.3 Å². The minimum Gasteiger partial charge on any atom is -1.00 e. The van der Waals surface area contributed by atoms with Gasteiger partial charge in [0.15, 0.2) is 0 Å². The van der Waals surface area contributed by atoms with E-state index in [0.29, 0.717) is 9.54 Å². The smallest absolute Gasteiger partial charge is 1.00 e. The van der Waals surface area contributed by atoms with Gasteiger partial charge in [-0.25, -0.2) is 0 Å². The molecule has 0 heterocycles. The van der Waals surface area contributed by atoms with E-state index >= 15 is 0 Å². The molecule has 0 radical (unpaired) electrons. The molecule has 0 saturated carbocycles. The maximum Gasteiger partial charge on any atom is -1.00 e. The topological polar surface area (TPSA) is 0 Å². The van der Waals surface area contributed by atoms with Gasteiger partial charge >= 0.3 is 210 Å². The Hall–Kier alpha value is -0.400. The molecule has 0 spiro atoms. The molecule has 0 bridgehead atoms. The Bertz CT molecular complexity index is 1060. The number of hydrogen-bond donors (Lipinski definition) is 0. The van der Waals surface area contributed by atoms with E-state index in [1.807, 2.05) is 0 Å². The fourth-order valence-corrected chi connectivity index (χ4v) is 10.8. The number of fused-ring (bicyclic) bond motifs is 3. The van der Waals surface area contributed by atoms with Crippen LogP contribution in [-0.4, -0.2) is 8.07 Å². The monoisotopic (exact) mass is 588 g/mol. The number of benzene rings is 2. The maximum absolute atomic E-state index is 2.63. The van der Waals surface area contributed by atoms with Gasteiger partial charge in [0.1, 0.15) is 0 Å². The molecule has 2 aliphatic carbocycles. The van der Waals surface area contributed by atoms with Crippen molar-refractivity contribution in [3.8, 4) is 11.1 Å². The van der Waals surface area contributed by atoms with Gasteiger partial charge in [-0.3, -0.25) is 0 Å². The minimum absolute atomic E-state index is 0. The fourth-order valence-electron chi connectivity index (χ4n) is 4.85. The van der Waals surface area contributed by atoms with Crippen molar-refractivity contribution in [1.29, 1.82) is 0 Å². The third-order valence-corrected chi connectivity index (χ3v) is 13.7. The summed E-state index contributed by atoms with van der Waals surface area (Å²) in [6, 6.07) is 14.8. The van der Waals surface area contributed by atoms with Gasteiger partial charge in [0, 0.05) is 0 Å². The first-order chi connectivity index (χ1) is 14.7. The predicted molar refractivity (Wildman–Crippen MR) is 140 cm³/mol. The number of hydrogen-bond acceptors (Lipinski definition) is 0. The zero-order chi connectivity index (χ0) is 23.6. The Kier molecular flexibility index (Phi) is 8.91. The summed E-state index contributed by atoms with van der Waals surface area (Å²) in [6.07, 6.45) is 5.22. The Morgan fingerprint density at radius 2 is 1.18 bits per heavy atom. The van der Waals surface area contributed by atoms with Crippen molar-refractivity contribution in [3.05, 3.63) is 79.3 Å². The molecule has 0 nitrogen and oxygen atoms in total. The second-order valence-corrected chi connectivity index (χ2v) is 21.6. The van der Waals surface area contributed by atoms with E-state index < -0.39 is 31.3 Å². The first kappa shape index (κ1) is 29.8. The van der Waals surface area contributed by atoms with E-state index in [1.54, 1.807) is 19.6 Å². The molecule has 0 saturated heterocycles. The summed E-state index contributed by atoms with van der Waals surface area (Å²) in [5.41, 5.74) is 9.46. The Morgan fingerprint density at radius 3 is 1.53 bits per heavy atom. The van der Waals surface area contributed by atoms with Gasteiger partial charge in [0.25, 0.3) is 0 Å². The van der Waals surface area contributed by atoms with Gasteiger partial charge in [-0.2, -0.15) is 0 Å². The summed E-state index contributed by atoms with van der Waals surface area (Å²) < 4.78 is 2.42. The summed E-state index contributed by atoms with van der Waals surface area (Å²) in [5, 5.41) is 1.67. The molecule has 182 valence electrons. The molecule has 2 aromatic rings. The molecule has 0 N–H and O–H groups in total. The van der Waals surface area contributed by atoms with E-state index in [9.17, 15) is 0 Å². The molecule has 4 heteroatoms. The number of rotatable bonds is 3. The Balaban J connectivity index is 0.00000204. The molecule has 0 amide bonds. The van der Waals surface area contributed by atoms with E-state index in [2.05, 4.69) is 117 Å². The maximum atomic E-state index is 2.63. The predicted octanol–water partition coefficient (Wildman–Crippen LogP) is 2.78. The summed E-state index contributed by atoms with van der Waals surface area (Å²) in [5.74, 6) is 0.638. The van der Waals surface area contributed by atoms with Crippen molar-refractivity contribution in [2.75, 3.05) is 0 Å². The molecular formula is C30H40Cl2SiZr. The standard InChI is InChI=1S/C21H25.C9H15Si.2ClH.Zr/c1-20(2,3)16-9-7-14-11-15-8-10-17(21(4,5)6)13-19(15)18(14)12-16;1-8-5-6-9(7-8)10(2,3)4;;;/h7-13H,1-6H3;6-8H,1-4H3;2*1H;/q;;;;+2/p-2. The van der Waals surface area contributed by atoms with Crippen LogP contribution in [0.3, 0.4) is 0 Å². The van der Waals surface area contributed by atoms with Crippen molar-refractivity contribution < 1.29 is 48.0 Å². The molecule has 4 rings (SSSR count). The normalized spacial score (nSPS) is 17.6. The second kappa shape index (κ2) is 10.2. The van der Waals surface area contributed by atoms with Gasteiger partial charge in [-0.05, 0) is 0 Å². The quantitative estimate of drug-likeness (QED) is 0.483. The number of allylic oxidation sites excluding steroid dienone is 4. The van der Waals surface area contributed by atoms with Crippen LogP contribution in [0.2, 0.25) is 19.6 Å². The van der Waals surface area contributed by atoms with Gasteiger partial charge in [-0.15, -0.1) is 0 Å². The molecule has 1 unspecified atom stereocenters. The summed E-state index contributed by atoms with van der Waals surface area (Å²) in [6.45, 7) is 23.9. The molecule has 0 fully saturated rings. The summed E-state index contributed by atoms with van der Waals surface area (Å²) in [7, 11) is -1.25. The van der Waals surface area contributed by atoms with Crippen LogP contribution in [0.1, 0.15) is 74.3 Å². The van der Waals surface area contributed by atoms with Gasteiger partial charge in [0.05, 0.1) is 0 Å². The molecule has 1 atom stereocenters. The second-order valence-electron chi connectivity index (χ2n) is 12.9. The van der Waals surface area contributed by atoms with Crippen molar-refractivity contribution >= 4 is 8.07 Å². The average molecular weight is 591 g/mol. The molecule has 2 aliphatic rings. The van der Waals surface area contributed by atoms with Crippen molar-refractivity contribution in [2.24, 2.45) is 5.92 Å². The van der Waals surface area contributed by atoms with E-state index in [-0.39, 0.29) is 35.6 Å². The van der Waals surface area contributed by atoms with Crippen molar-refractivity contribution in [1.82, 2.24) is 0 Å². The van der Waals surface area contributed by atoms with Gasteiger partial charge in [-0.1, -0.05) is 0 Å². The van der Waals surface area contributed by atoms with Gasteiger partial charge < -0.3 is 24.8 Å². The average Bonchev–Trinajstić information content (AvgIpc) is 3.18. The summed E-state index contributed by atoms with van der Waals surface area (Å²) >= 11 is -0.807. The third-order valence-electron chi connectivity index (χ3n) is 7.16. The van der Waals surface area contributed by atoms with Crippen LogP contribution in [0.25, 0.3) is 11.1 Å². The molecule has 2 aromatic carbocycles. The molecule has 0 aliphatic heterocycles. The largest absolute Gasteiger partial charge is 1.00 e. The van der Waals surface area contributed by atoms with Crippen LogP contribution in [0.5, 0.6) is 0 Å². The van der Waals surface area contributed by atoms with E-state index in [0.717, 1.165) is 0 Å². The van der Waals surface area contributed by atoms with E-state index in [4.69, 9.17) is 0 Å². The SMILES string of the molecule is CC1C=C([Si](C)(C)C)C=[C]1[Zr+2][CH]1c2ccc(C(C)(C)C)cc2-c2cc(C(C)(C)C)ccc21.[Cl-].[Cl-].